The molecule has 2 aromatic rings. The quantitative estimate of drug-likeness (QED) is 0.717. The molecule has 1 heterocycles. The number of H-pyrrole nitrogens is 1. The number of rotatable bonds is 7. The van der Waals surface area contributed by atoms with Crippen LogP contribution in [0.3, 0.4) is 0 Å². The molecule has 0 saturated carbocycles. The van der Waals surface area contributed by atoms with Crippen LogP contribution < -0.4 is 26.6 Å². The van der Waals surface area contributed by atoms with Gasteiger partial charge in [0.15, 0.2) is 5.69 Å². The van der Waals surface area contributed by atoms with Gasteiger partial charge in [0.1, 0.15) is 11.6 Å². The van der Waals surface area contributed by atoms with Crippen molar-refractivity contribution in [1.29, 1.82) is 0 Å². The van der Waals surface area contributed by atoms with Crippen molar-refractivity contribution in [1.82, 2.24) is 9.55 Å². The molecule has 27 heavy (non-hydrogen) atoms. The number of carbonyl (C=O) groups is 1. The molecule has 2 rings (SSSR count). The number of benzene rings is 1. The van der Waals surface area contributed by atoms with Crippen molar-refractivity contribution in [2.75, 3.05) is 24.8 Å². The summed E-state index contributed by atoms with van der Waals surface area (Å²) < 4.78 is 6.42. The summed E-state index contributed by atoms with van der Waals surface area (Å²) in [4.78, 5) is 40.0. The van der Waals surface area contributed by atoms with Crippen molar-refractivity contribution in [3.63, 3.8) is 0 Å². The molecular weight excluding hydrogens is 348 g/mol. The highest BCUT2D eigenvalue weighted by Gasteiger charge is 2.19. The van der Waals surface area contributed by atoms with Gasteiger partial charge in [0.2, 0.25) is 0 Å². The third kappa shape index (κ3) is 4.66. The zero-order valence-corrected chi connectivity index (χ0v) is 15.7. The second kappa shape index (κ2) is 8.88. The second-order valence-electron chi connectivity index (χ2n) is 6.01. The first kappa shape index (κ1) is 20.0. The van der Waals surface area contributed by atoms with E-state index in [1.165, 1.54) is 17.7 Å². The van der Waals surface area contributed by atoms with E-state index in [9.17, 15) is 14.4 Å². The van der Waals surface area contributed by atoms with Gasteiger partial charge in [-0.3, -0.25) is 19.1 Å². The summed E-state index contributed by atoms with van der Waals surface area (Å²) in [7, 11) is 3.00. The molecule has 0 spiro atoms. The summed E-state index contributed by atoms with van der Waals surface area (Å²) in [5.41, 5.74) is 5.46. The van der Waals surface area contributed by atoms with E-state index in [1.54, 1.807) is 31.4 Å². The monoisotopic (exact) mass is 372 g/mol. The number of unbranched alkanes of at least 4 members (excludes halogenated alkanes) is 1. The van der Waals surface area contributed by atoms with Crippen LogP contribution in [0.1, 0.15) is 25.3 Å². The number of hydrogen-bond acceptors (Lipinski definition) is 5. The van der Waals surface area contributed by atoms with Gasteiger partial charge < -0.3 is 15.4 Å². The molecule has 1 amide bonds. The number of methoxy groups -OCH3 is 1. The molecule has 8 heteroatoms. The lowest BCUT2D eigenvalue weighted by Gasteiger charge is -2.19. The maximum Gasteiger partial charge on any atom is 0.330 e. The maximum atomic E-state index is 12.5. The van der Waals surface area contributed by atoms with E-state index in [1.807, 2.05) is 13.0 Å². The number of amides is 1. The van der Waals surface area contributed by atoms with Gasteiger partial charge in [-0.05, 0) is 30.2 Å². The number of likely N-dealkylation sites (N-methyl/N-ethyl adjacent to an activating group) is 1. The van der Waals surface area contributed by atoms with Gasteiger partial charge >= 0.3 is 5.69 Å². The molecule has 3 N–H and O–H groups in total. The molecule has 1 aromatic heterocycles. The highest BCUT2D eigenvalue weighted by atomic mass is 16.5. The predicted octanol–water partition coefficient (Wildman–Crippen LogP) is 1.60. The molecular formula is C19H24N4O4. The summed E-state index contributed by atoms with van der Waals surface area (Å²) in [6.07, 6.45) is 4.52. The summed E-state index contributed by atoms with van der Waals surface area (Å²) >= 11 is 0. The van der Waals surface area contributed by atoms with Gasteiger partial charge in [0.25, 0.3) is 11.5 Å². The Labute approximate surface area is 156 Å². The smallest absolute Gasteiger partial charge is 0.330 e. The van der Waals surface area contributed by atoms with Crippen LogP contribution in [-0.2, 0) is 11.3 Å². The lowest BCUT2D eigenvalue weighted by Crippen LogP contribution is -2.38. The Balaban J connectivity index is 2.31. The molecule has 0 aliphatic rings. The molecule has 0 radical (unpaired) electrons. The van der Waals surface area contributed by atoms with E-state index < -0.39 is 17.2 Å². The first-order valence-electron chi connectivity index (χ1n) is 8.61. The van der Waals surface area contributed by atoms with E-state index in [4.69, 9.17) is 10.5 Å². The zero-order chi connectivity index (χ0) is 20.0. The topological polar surface area (TPSA) is 110 Å². The van der Waals surface area contributed by atoms with Crippen molar-refractivity contribution >= 4 is 23.5 Å². The van der Waals surface area contributed by atoms with Crippen LogP contribution in [0.15, 0.2) is 39.9 Å². The molecule has 0 bridgehead atoms. The number of nitrogens with one attached hydrogen (secondary N) is 1. The second-order valence-corrected chi connectivity index (χ2v) is 6.01. The van der Waals surface area contributed by atoms with E-state index in [-0.39, 0.29) is 11.5 Å². The van der Waals surface area contributed by atoms with E-state index >= 15 is 0 Å². The third-order valence-electron chi connectivity index (χ3n) is 4.13. The van der Waals surface area contributed by atoms with Crippen molar-refractivity contribution < 1.29 is 9.53 Å². The summed E-state index contributed by atoms with van der Waals surface area (Å²) in [5.74, 6) is 0.195. The van der Waals surface area contributed by atoms with Gasteiger partial charge in [-0.1, -0.05) is 25.5 Å². The van der Waals surface area contributed by atoms with Gasteiger partial charge in [-0.25, -0.2) is 4.79 Å². The van der Waals surface area contributed by atoms with Crippen molar-refractivity contribution in [3.8, 4) is 5.75 Å². The molecule has 0 atom stereocenters. The standard InChI is InChI=1S/C19H24N4O4/c1-4-5-11-23-17(20)16(18(25)21-19(23)26)22(2)15(24)10-9-13-7-6-8-14(12-13)27-3/h6-10,12H,4-5,11,20H2,1-3H3,(H,21,25,26)/b10-9+. The summed E-state index contributed by atoms with van der Waals surface area (Å²) in [6.45, 7) is 2.35. The Morgan fingerprint density at radius 3 is 2.78 bits per heavy atom. The van der Waals surface area contributed by atoms with E-state index in [2.05, 4.69) is 4.98 Å². The van der Waals surface area contributed by atoms with Crippen LogP contribution in [0, 0.1) is 0 Å². The van der Waals surface area contributed by atoms with Gasteiger partial charge in [-0.15, -0.1) is 0 Å². The fourth-order valence-corrected chi connectivity index (χ4v) is 2.57. The van der Waals surface area contributed by atoms with Crippen LogP contribution in [0.2, 0.25) is 0 Å². The molecule has 0 saturated heterocycles. The van der Waals surface area contributed by atoms with Gasteiger partial charge in [-0.2, -0.15) is 0 Å². The Bertz CT molecular complexity index is 959. The van der Waals surface area contributed by atoms with E-state index in [0.29, 0.717) is 12.3 Å². The molecule has 0 aliphatic heterocycles. The van der Waals surface area contributed by atoms with Crippen molar-refractivity contribution in [2.24, 2.45) is 0 Å². The first-order valence-corrected chi connectivity index (χ1v) is 8.61. The van der Waals surface area contributed by atoms with E-state index in [0.717, 1.165) is 23.3 Å². The normalized spacial score (nSPS) is 10.9. The largest absolute Gasteiger partial charge is 0.497 e. The number of carbonyl (C=O) groups excluding carboxylic acids is 1. The molecule has 8 nitrogen and oxygen atoms in total. The minimum Gasteiger partial charge on any atom is -0.497 e. The van der Waals surface area contributed by atoms with Crippen molar-refractivity contribution in [2.45, 2.75) is 26.3 Å². The Kier molecular flexibility index (Phi) is 6.59. The minimum absolute atomic E-state index is 0.0252. The minimum atomic E-state index is -0.698. The Morgan fingerprint density at radius 1 is 1.37 bits per heavy atom. The van der Waals surface area contributed by atoms with Crippen LogP contribution in [0.4, 0.5) is 11.5 Å². The van der Waals surface area contributed by atoms with Gasteiger partial charge in [0, 0.05) is 19.7 Å². The zero-order valence-electron chi connectivity index (χ0n) is 15.7. The van der Waals surface area contributed by atoms with Crippen LogP contribution >= 0.6 is 0 Å². The number of nitrogens with two attached hydrogens (primary N) is 1. The van der Waals surface area contributed by atoms with Crippen LogP contribution in [0.25, 0.3) is 6.08 Å². The number of aromatic nitrogens is 2. The average molecular weight is 372 g/mol. The highest BCUT2D eigenvalue weighted by molar-refractivity contribution is 6.04. The fourth-order valence-electron chi connectivity index (χ4n) is 2.57. The van der Waals surface area contributed by atoms with Crippen LogP contribution in [-0.4, -0.2) is 29.6 Å². The predicted molar refractivity (Wildman–Crippen MR) is 106 cm³/mol. The molecule has 1 aromatic carbocycles. The molecule has 0 unspecified atom stereocenters. The SMILES string of the molecule is CCCCn1c(N)c(N(C)C(=O)/C=C/c2cccc(OC)c2)c(=O)[nH]c1=O. The number of aromatic amines is 1. The number of nitrogen functional groups attached to an aromatic ring is 1. The number of nitrogens with zero attached hydrogens (tertiary/aromatic N) is 2. The number of hydrogen-bond donors (Lipinski definition) is 2. The van der Waals surface area contributed by atoms with Crippen LogP contribution in [0.5, 0.6) is 5.75 Å². The fraction of sp³-hybridized carbons (Fsp3) is 0.316. The number of ether oxygens (including phenoxy) is 1. The Morgan fingerprint density at radius 2 is 2.11 bits per heavy atom. The maximum absolute atomic E-state index is 12.5. The average Bonchev–Trinajstić information content (AvgIpc) is 2.65. The molecule has 0 fully saturated rings. The summed E-state index contributed by atoms with van der Waals surface area (Å²) in [5, 5.41) is 0. The van der Waals surface area contributed by atoms with Crippen molar-refractivity contribution in [3.05, 3.63) is 56.7 Å². The lowest BCUT2D eigenvalue weighted by molar-refractivity contribution is -0.113. The number of anilines is 2. The summed E-state index contributed by atoms with van der Waals surface area (Å²) in [6, 6.07) is 7.19. The Hall–Kier alpha value is -3.29. The first-order chi connectivity index (χ1) is 12.9. The van der Waals surface area contributed by atoms with Gasteiger partial charge in [0.05, 0.1) is 7.11 Å². The highest BCUT2D eigenvalue weighted by Crippen LogP contribution is 2.17. The third-order valence-corrected chi connectivity index (χ3v) is 4.13. The molecule has 0 aliphatic carbocycles. The lowest BCUT2D eigenvalue weighted by atomic mass is 10.2. The molecule has 144 valence electrons.